The number of anilines is 1. The number of carbonyl (C=O) groups excluding carboxylic acids is 1. The number of amides is 1. The number of nitrogens with zero attached hydrogens (tertiary/aromatic N) is 3. The molecule has 1 aliphatic rings. The first-order chi connectivity index (χ1) is 18.8. The quantitative estimate of drug-likeness (QED) is 0.268. The Morgan fingerprint density at radius 3 is 2.49 bits per heavy atom. The average Bonchev–Trinajstić information content (AvgIpc) is 2.94. The zero-order valence-corrected chi connectivity index (χ0v) is 21.9. The molecule has 0 fully saturated rings. The second-order valence-corrected chi connectivity index (χ2v) is 11.3. The summed E-state index contributed by atoms with van der Waals surface area (Å²) in [7, 11) is -3.79. The van der Waals surface area contributed by atoms with Crippen LogP contribution in [0.4, 0.5) is 5.82 Å². The number of rotatable bonds is 7. The molecule has 1 amide bonds. The number of carbonyl (C=O) groups is 1. The standard InChI is InChI=1S/C28H27N5O5S/c29-23-12-11-22(18-31-23)20-9-4-10-21(17-20)25(34)30-13-5-14-32-26(35)24(19-7-2-1-3-8-19)27-33(28(32)36)15-6-16-39(27,37)38/h1-4,7-12,17-18H,5-6,13-16H2,(H2,29,31)(H,30,34). The van der Waals surface area contributed by atoms with Gasteiger partial charge in [-0.3, -0.25) is 18.7 Å². The van der Waals surface area contributed by atoms with E-state index in [1.54, 1.807) is 60.8 Å². The molecule has 2 aromatic heterocycles. The first-order valence-corrected chi connectivity index (χ1v) is 14.2. The van der Waals surface area contributed by atoms with Gasteiger partial charge in [0.15, 0.2) is 14.9 Å². The second kappa shape index (κ2) is 10.7. The normalized spacial score (nSPS) is 13.9. The van der Waals surface area contributed by atoms with Crippen molar-refractivity contribution in [1.29, 1.82) is 0 Å². The maximum Gasteiger partial charge on any atom is 0.332 e. The van der Waals surface area contributed by atoms with Gasteiger partial charge < -0.3 is 11.1 Å². The van der Waals surface area contributed by atoms with Crippen molar-refractivity contribution in [3.63, 3.8) is 0 Å². The van der Waals surface area contributed by atoms with Crippen molar-refractivity contribution >= 4 is 21.6 Å². The molecule has 0 spiro atoms. The minimum atomic E-state index is -3.79. The van der Waals surface area contributed by atoms with Gasteiger partial charge in [-0.1, -0.05) is 42.5 Å². The van der Waals surface area contributed by atoms with Crippen LogP contribution in [0.15, 0.2) is 87.5 Å². The van der Waals surface area contributed by atoms with Crippen molar-refractivity contribution in [2.24, 2.45) is 0 Å². The van der Waals surface area contributed by atoms with Gasteiger partial charge in [0.05, 0.1) is 11.3 Å². The predicted molar refractivity (Wildman–Crippen MR) is 148 cm³/mol. The Labute approximate surface area is 224 Å². The van der Waals surface area contributed by atoms with Crippen LogP contribution >= 0.6 is 0 Å². The fraction of sp³-hybridized carbons (Fsp3) is 0.214. The average molecular weight is 546 g/mol. The molecule has 39 heavy (non-hydrogen) atoms. The summed E-state index contributed by atoms with van der Waals surface area (Å²) in [5, 5.41) is 2.61. The highest BCUT2D eigenvalue weighted by Crippen LogP contribution is 2.27. The van der Waals surface area contributed by atoms with E-state index in [-0.39, 0.29) is 41.9 Å². The molecule has 11 heteroatoms. The Kier molecular flexibility index (Phi) is 7.16. The van der Waals surface area contributed by atoms with Crippen molar-refractivity contribution in [3.05, 3.63) is 99.3 Å². The van der Waals surface area contributed by atoms with Crippen molar-refractivity contribution in [2.75, 3.05) is 18.0 Å². The summed E-state index contributed by atoms with van der Waals surface area (Å²) in [5.74, 6) is -0.00805. The number of nitrogens with one attached hydrogen (secondary N) is 1. The van der Waals surface area contributed by atoms with E-state index in [2.05, 4.69) is 10.3 Å². The van der Waals surface area contributed by atoms with Crippen LogP contribution < -0.4 is 22.3 Å². The van der Waals surface area contributed by atoms with Gasteiger partial charge in [-0.2, -0.15) is 0 Å². The molecule has 0 unspecified atom stereocenters. The molecule has 3 heterocycles. The SMILES string of the molecule is Nc1ccc(-c2cccc(C(=O)NCCCn3c(=O)c(-c4ccccc4)c4n(c3=O)CCCS4(=O)=O)c2)cn1. The van der Waals surface area contributed by atoms with E-state index in [1.165, 1.54) is 4.57 Å². The minimum Gasteiger partial charge on any atom is -0.384 e. The number of sulfone groups is 1. The molecule has 1 aliphatic heterocycles. The summed E-state index contributed by atoms with van der Waals surface area (Å²) in [4.78, 5) is 43.6. The monoisotopic (exact) mass is 545 g/mol. The van der Waals surface area contributed by atoms with E-state index in [9.17, 15) is 22.8 Å². The van der Waals surface area contributed by atoms with Crippen LogP contribution in [0.2, 0.25) is 0 Å². The highest BCUT2D eigenvalue weighted by atomic mass is 32.2. The lowest BCUT2D eigenvalue weighted by Crippen LogP contribution is -2.45. The molecule has 0 saturated carbocycles. The Bertz CT molecular complexity index is 1760. The largest absolute Gasteiger partial charge is 0.384 e. The Hall–Kier alpha value is -4.51. The molecule has 0 radical (unpaired) electrons. The topological polar surface area (TPSA) is 146 Å². The van der Waals surface area contributed by atoms with Crippen LogP contribution in [0.25, 0.3) is 22.3 Å². The summed E-state index contributed by atoms with van der Waals surface area (Å²) in [5.41, 5.74) is 6.87. The third kappa shape index (κ3) is 5.26. The third-order valence-electron chi connectivity index (χ3n) is 6.62. The molecule has 5 rings (SSSR count). The number of fused-ring (bicyclic) bond motifs is 1. The minimum absolute atomic E-state index is 0.00732. The fourth-order valence-electron chi connectivity index (χ4n) is 4.72. The van der Waals surface area contributed by atoms with E-state index in [0.29, 0.717) is 29.8 Å². The van der Waals surface area contributed by atoms with Crippen molar-refractivity contribution in [2.45, 2.75) is 31.0 Å². The molecular formula is C28H27N5O5S. The van der Waals surface area contributed by atoms with Crippen molar-refractivity contribution in [1.82, 2.24) is 19.4 Å². The molecule has 0 saturated heterocycles. The van der Waals surface area contributed by atoms with Gasteiger partial charge in [0, 0.05) is 37.0 Å². The maximum absolute atomic E-state index is 13.5. The molecule has 0 aliphatic carbocycles. The van der Waals surface area contributed by atoms with Gasteiger partial charge in [0.1, 0.15) is 5.82 Å². The molecule has 10 nitrogen and oxygen atoms in total. The number of hydrogen-bond acceptors (Lipinski definition) is 7. The van der Waals surface area contributed by atoms with E-state index in [4.69, 9.17) is 5.73 Å². The molecular weight excluding hydrogens is 518 g/mol. The van der Waals surface area contributed by atoms with Gasteiger partial charge in [-0.15, -0.1) is 0 Å². The van der Waals surface area contributed by atoms with Crippen LogP contribution in [0.5, 0.6) is 0 Å². The van der Waals surface area contributed by atoms with Gasteiger partial charge in [0.2, 0.25) is 0 Å². The third-order valence-corrected chi connectivity index (χ3v) is 8.46. The summed E-state index contributed by atoms with van der Waals surface area (Å²) < 4.78 is 28.1. The lowest BCUT2D eigenvalue weighted by Gasteiger charge is -2.23. The van der Waals surface area contributed by atoms with Crippen LogP contribution in [0, 0.1) is 0 Å². The highest BCUT2D eigenvalue weighted by molar-refractivity contribution is 7.91. The molecule has 0 atom stereocenters. The Morgan fingerprint density at radius 1 is 0.974 bits per heavy atom. The maximum atomic E-state index is 13.5. The number of nitrogens with two attached hydrogens (primary N) is 1. The molecule has 2 aromatic carbocycles. The predicted octanol–water partition coefficient (Wildman–Crippen LogP) is 2.32. The van der Waals surface area contributed by atoms with Crippen LogP contribution in [0.3, 0.4) is 0 Å². The second-order valence-electron chi connectivity index (χ2n) is 9.27. The van der Waals surface area contributed by atoms with Crippen LogP contribution in [-0.4, -0.2) is 40.7 Å². The number of hydrogen-bond donors (Lipinski definition) is 2. The summed E-state index contributed by atoms with van der Waals surface area (Å²) >= 11 is 0. The van der Waals surface area contributed by atoms with E-state index < -0.39 is 21.1 Å². The van der Waals surface area contributed by atoms with Crippen LogP contribution in [-0.2, 0) is 22.9 Å². The number of aromatic nitrogens is 3. The lowest BCUT2D eigenvalue weighted by molar-refractivity contribution is 0.0952. The highest BCUT2D eigenvalue weighted by Gasteiger charge is 2.32. The summed E-state index contributed by atoms with van der Waals surface area (Å²) in [6, 6.07) is 19.1. The lowest BCUT2D eigenvalue weighted by atomic mass is 10.0. The molecule has 3 N–H and O–H groups in total. The van der Waals surface area contributed by atoms with E-state index >= 15 is 0 Å². The fourth-order valence-corrected chi connectivity index (χ4v) is 6.44. The number of pyridine rings is 1. The smallest absolute Gasteiger partial charge is 0.332 e. The van der Waals surface area contributed by atoms with Crippen molar-refractivity contribution in [3.8, 4) is 22.3 Å². The Morgan fingerprint density at radius 2 is 1.74 bits per heavy atom. The van der Waals surface area contributed by atoms with Crippen molar-refractivity contribution < 1.29 is 13.2 Å². The number of benzene rings is 2. The first-order valence-electron chi connectivity index (χ1n) is 12.5. The number of nitrogen functional groups attached to an aromatic ring is 1. The van der Waals surface area contributed by atoms with Gasteiger partial charge in [-0.05, 0) is 48.2 Å². The van der Waals surface area contributed by atoms with E-state index in [0.717, 1.165) is 15.7 Å². The zero-order valence-electron chi connectivity index (χ0n) is 21.0. The van der Waals surface area contributed by atoms with Crippen LogP contribution in [0.1, 0.15) is 23.2 Å². The molecule has 200 valence electrons. The van der Waals surface area contributed by atoms with Gasteiger partial charge in [-0.25, -0.2) is 18.2 Å². The van der Waals surface area contributed by atoms with Gasteiger partial charge >= 0.3 is 5.69 Å². The Balaban J connectivity index is 1.35. The summed E-state index contributed by atoms with van der Waals surface area (Å²) in [6.07, 6.45) is 2.22. The van der Waals surface area contributed by atoms with Gasteiger partial charge in [0.25, 0.3) is 11.5 Å². The zero-order chi connectivity index (χ0) is 27.6. The van der Waals surface area contributed by atoms with E-state index in [1.807, 2.05) is 12.1 Å². The first kappa shape index (κ1) is 26.1. The summed E-state index contributed by atoms with van der Waals surface area (Å²) in [6.45, 7) is 0.443. The molecule has 4 aromatic rings. The molecule has 0 bridgehead atoms.